The quantitative estimate of drug-likeness (QED) is 0.309. The number of nitrogens with zero attached hydrogens (tertiary/aromatic N) is 1. The van der Waals surface area contributed by atoms with Gasteiger partial charge in [0.1, 0.15) is 11.4 Å². The number of anilines is 1. The van der Waals surface area contributed by atoms with Crippen molar-refractivity contribution in [2.75, 3.05) is 18.5 Å². The Morgan fingerprint density at radius 1 is 1.19 bits per heavy atom. The van der Waals surface area contributed by atoms with Crippen LogP contribution in [0.25, 0.3) is 11.0 Å². The van der Waals surface area contributed by atoms with E-state index in [1.165, 1.54) is 18.3 Å². The fourth-order valence-electron chi connectivity index (χ4n) is 4.41. The lowest BCUT2D eigenvalue weighted by Gasteiger charge is -2.29. The number of hydrogen-bond acceptors (Lipinski definition) is 6. The number of pyridine rings is 1. The smallest absolute Gasteiger partial charge is 0.195 e. The molecule has 0 bridgehead atoms. The topological polar surface area (TPSA) is 96.5 Å². The first kappa shape index (κ1) is 23.9. The second kappa shape index (κ2) is 10.0. The second-order valence-corrected chi connectivity index (χ2v) is 8.80. The highest BCUT2D eigenvalue weighted by Gasteiger charge is 2.26. The maximum Gasteiger partial charge on any atom is 0.195 e. The maximum atomic E-state index is 14.9. The summed E-state index contributed by atoms with van der Waals surface area (Å²) in [6.45, 7) is 2.01. The lowest BCUT2D eigenvalue weighted by Crippen LogP contribution is -2.36. The first-order valence-electron chi connectivity index (χ1n) is 11.7. The number of ketones is 1. The van der Waals surface area contributed by atoms with Gasteiger partial charge in [-0.25, -0.2) is 13.8 Å². The number of para-hydroxylation sites is 1. The number of aryl methyl sites for hydroxylation is 1. The van der Waals surface area contributed by atoms with Crippen LogP contribution in [-0.4, -0.2) is 46.2 Å². The molecule has 4 aromatic rings. The first-order valence-corrected chi connectivity index (χ1v) is 11.7. The molecule has 186 valence electrons. The van der Waals surface area contributed by atoms with Crippen LogP contribution in [0.1, 0.15) is 34.3 Å². The van der Waals surface area contributed by atoms with Crippen molar-refractivity contribution in [2.24, 2.45) is 0 Å². The molecule has 9 heteroatoms. The molecule has 2 aromatic heterocycles. The molecule has 2 aromatic carbocycles. The largest absolute Gasteiger partial charge is 0.454 e. The third kappa shape index (κ3) is 4.67. The zero-order valence-electron chi connectivity index (χ0n) is 19.6. The zero-order chi connectivity index (χ0) is 25.2. The van der Waals surface area contributed by atoms with E-state index in [9.17, 15) is 18.7 Å². The molecule has 0 aliphatic carbocycles. The number of aliphatic hydroxyl groups excluding tert-OH is 1. The molecule has 1 aliphatic rings. The average Bonchev–Trinajstić information content (AvgIpc) is 3.32. The Hall–Kier alpha value is -3.82. The minimum absolute atomic E-state index is 0.0550. The number of benzene rings is 2. The highest BCUT2D eigenvalue weighted by atomic mass is 19.1. The average molecular weight is 494 g/mol. The SMILES string of the molecule is Cc1cc(Oc2ccccc2F)ccc1C(=O)c1c[nH]c2ncc(F)c(N[C@@H]3CC[C@@H](CO)OC3)c12. The van der Waals surface area contributed by atoms with Crippen molar-refractivity contribution in [1.82, 2.24) is 9.97 Å². The summed E-state index contributed by atoms with van der Waals surface area (Å²) < 4.78 is 40.1. The van der Waals surface area contributed by atoms with Crippen molar-refractivity contribution < 1.29 is 28.2 Å². The number of carbonyl (C=O) groups is 1. The lowest BCUT2D eigenvalue weighted by atomic mass is 9.98. The number of hydrogen-bond donors (Lipinski definition) is 3. The molecular weight excluding hydrogens is 468 g/mol. The molecular formula is C27H25F2N3O4. The van der Waals surface area contributed by atoms with Gasteiger partial charge in [0.25, 0.3) is 0 Å². The van der Waals surface area contributed by atoms with E-state index in [2.05, 4.69) is 15.3 Å². The molecule has 0 radical (unpaired) electrons. The Labute approximate surface area is 206 Å². The van der Waals surface area contributed by atoms with E-state index in [4.69, 9.17) is 9.47 Å². The molecule has 3 heterocycles. The number of ether oxygens (including phenoxy) is 2. The third-order valence-electron chi connectivity index (χ3n) is 6.33. The van der Waals surface area contributed by atoms with Crippen molar-refractivity contribution >= 4 is 22.5 Å². The van der Waals surface area contributed by atoms with E-state index < -0.39 is 11.6 Å². The van der Waals surface area contributed by atoms with Gasteiger partial charge < -0.3 is 24.9 Å². The van der Waals surface area contributed by atoms with Crippen molar-refractivity contribution in [3.63, 3.8) is 0 Å². The molecule has 5 rings (SSSR count). The highest BCUT2D eigenvalue weighted by molar-refractivity contribution is 6.19. The van der Waals surface area contributed by atoms with E-state index in [-0.39, 0.29) is 41.5 Å². The van der Waals surface area contributed by atoms with Crippen LogP contribution in [0.15, 0.2) is 54.9 Å². The van der Waals surface area contributed by atoms with Crippen LogP contribution in [-0.2, 0) is 4.74 Å². The van der Waals surface area contributed by atoms with Gasteiger partial charge in [0.15, 0.2) is 23.2 Å². The van der Waals surface area contributed by atoms with Gasteiger partial charge in [-0.2, -0.15) is 0 Å². The van der Waals surface area contributed by atoms with Gasteiger partial charge in [0.05, 0.1) is 42.2 Å². The second-order valence-electron chi connectivity index (χ2n) is 8.80. The molecule has 0 unspecified atom stereocenters. The molecule has 0 saturated carbocycles. The summed E-state index contributed by atoms with van der Waals surface area (Å²) in [5.74, 6) is -0.903. The summed E-state index contributed by atoms with van der Waals surface area (Å²) in [6, 6.07) is 10.7. The number of nitrogens with one attached hydrogen (secondary N) is 2. The highest BCUT2D eigenvalue weighted by Crippen LogP contribution is 2.33. The number of H-pyrrole nitrogens is 1. The van der Waals surface area contributed by atoms with Crippen LogP contribution in [0, 0.1) is 18.6 Å². The first-order chi connectivity index (χ1) is 17.4. The Balaban J connectivity index is 1.44. The van der Waals surface area contributed by atoms with Crippen LogP contribution >= 0.6 is 0 Å². The lowest BCUT2D eigenvalue weighted by molar-refractivity contribution is -0.0223. The molecule has 36 heavy (non-hydrogen) atoms. The van der Waals surface area contributed by atoms with Gasteiger partial charge in [0.2, 0.25) is 0 Å². The number of fused-ring (bicyclic) bond motifs is 1. The van der Waals surface area contributed by atoms with Crippen LogP contribution in [0.5, 0.6) is 11.5 Å². The molecule has 1 aliphatic heterocycles. The van der Waals surface area contributed by atoms with Crippen molar-refractivity contribution in [2.45, 2.75) is 31.9 Å². The Bertz CT molecular complexity index is 1410. The van der Waals surface area contributed by atoms with Crippen LogP contribution in [0.3, 0.4) is 0 Å². The monoisotopic (exact) mass is 493 g/mol. The number of aliphatic hydroxyl groups is 1. The minimum atomic E-state index is -0.578. The maximum absolute atomic E-state index is 14.9. The molecule has 0 spiro atoms. The fourth-order valence-corrected chi connectivity index (χ4v) is 4.41. The molecule has 0 amide bonds. The van der Waals surface area contributed by atoms with Crippen LogP contribution in [0.2, 0.25) is 0 Å². The molecule has 1 fully saturated rings. The Morgan fingerprint density at radius 3 is 2.75 bits per heavy atom. The zero-order valence-corrected chi connectivity index (χ0v) is 19.6. The summed E-state index contributed by atoms with van der Waals surface area (Å²) in [5, 5.41) is 12.8. The Morgan fingerprint density at radius 2 is 2.03 bits per heavy atom. The predicted molar refractivity (Wildman–Crippen MR) is 131 cm³/mol. The summed E-state index contributed by atoms with van der Waals surface area (Å²) >= 11 is 0. The van der Waals surface area contributed by atoms with Crippen LogP contribution in [0.4, 0.5) is 14.5 Å². The van der Waals surface area contributed by atoms with Crippen molar-refractivity contribution in [3.8, 4) is 11.5 Å². The number of halogens is 2. The van der Waals surface area contributed by atoms with E-state index in [1.54, 1.807) is 37.3 Å². The summed E-state index contributed by atoms with van der Waals surface area (Å²) in [6.07, 6.45) is 3.74. The van der Waals surface area contributed by atoms with Gasteiger partial charge in [-0.1, -0.05) is 12.1 Å². The van der Waals surface area contributed by atoms with Gasteiger partial charge in [-0.3, -0.25) is 4.79 Å². The number of carbonyl (C=O) groups excluding carboxylic acids is 1. The van der Waals surface area contributed by atoms with E-state index in [1.807, 2.05) is 0 Å². The number of rotatable bonds is 7. The standard InChI is InChI=1S/C27H25F2N3O4/c1-15-10-17(36-23-5-3-2-4-21(23)28)8-9-19(15)26(34)20-11-30-27-24(20)25(22(29)12-31-27)32-16-6-7-18(13-33)35-14-16/h2-5,8-12,16,18,33H,6-7,13-14H2,1H3,(H2,30,31,32)/t16-,18+/m1/s1. The molecule has 2 atom stereocenters. The number of aromatic nitrogens is 2. The van der Waals surface area contributed by atoms with Crippen molar-refractivity contribution in [1.29, 1.82) is 0 Å². The van der Waals surface area contributed by atoms with Gasteiger partial charge >= 0.3 is 0 Å². The minimum Gasteiger partial charge on any atom is -0.454 e. The molecule has 3 N–H and O–H groups in total. The van der Waals surface area contributed by atoms with E-state index >= 15 is 0 Å². The molecule has 7 nitrogen and oxygen atoms in total. The van der Waals surface area contributed by atoms with Crippen LogP contribution < -0.4 is 10.1 Å². The van der Waals surface area contributed by atoms with E-state index in [0.29, 0.717) is 47.4 Å². The summed E-state index contributed by atoms with van der Waals surface area (Å²) in [7, 11) is 0. The summed E-state index contributed by atoms with van der Waals surface area (Å²) in [4.78, 5) is 20.6. The molecule has 1 saturated heterocycles. The van der Waals surface area contributed by atoms with Crippen molar-refractivity contribution in [3.05, 3.63) is 83.2 Å². The number of aromatic amines is 1. The van der Waals surface area contributed by atoms with Gasteiger partial charge in [-0.05, 0) is 55.7 Å². The normalized spacial score (nSPS) is 17.8. The third-order valence-corrected chi connectivity index (χ3v) is 6.33. The van der Waals surface area contributed by atoms with E-state index in [0.717, 1.165) is 6.20 Å². The van der Waals surface area contributed by atoms with Gasteiger partial charge in [0, 0.05) is 17.8 Å². The summed E-state index contributed by atoms with van der Waals surface area (Å²) in [5.41, 5.74) is 1.86. The Kier molecular flexibility index (Phi) is 6.67. The van der Waals surface area contributed by atoms with Gasteiger partial charge in [-0.15, -0.1) is 0 Å². The predicted octanol–water partition coefficient (Wildman–Crippen LogP) is 5.12. The fraction of sp³-hybridized carbons (Fsp3) is 0.259.